The molecule has 0 bridgehead atoms. The van der Waals surface area contributed by atoms with Gasteiger partial charge in [-0.25, -0.2) is 0 Å². The number of anilines is 1. The van der Waals surface area contributed by atoms with E-state index in [1.54, 1.807) is 23.3 Å². The van der Waals surface area contributed by atoms with Gasteiger partial charge in [-0.15, -0.1) is 0 Å². The average Bonchev–Trinajstić information content (AvgIpc) is 3.27. The lowest BCUT2D eigenvalue weighted by molar-refractivity contribution is 0.102. The van der Waals surface area contributed by atoms with Crippen molar-refractivity contribution in [3.8, 4) is 0 Å². The normalized spacial score (nSPS) is 10.9. The number of amides is 1. The molecule has 0 saturated carbocycles. The first kappa shape index (κ1) is 15.4. The van der Waals surface area contributed by atoms with Crippen molar-refractivity contribution in [1.29, 1.82) is 0 Å². The molecule has 4 aromatic rings. The molecule has 2 aromatic heterocycles. The Morgan fingerprint density at radius 2 is 2.04 bits per heavy atom. The lowest BCUT2D eigenvalue weighted by Crippen LogP contribution is -2.11. The van der Waals surface area contributed by atoms with E-state index in [1.165, 1.54) is 0 Å². The lowest BCUT2D eigenvalue weighted by Gasteiger charge is -2.05. The standard InChI is InChI=1S/C18H14ClN5O/c19-15-6-2-1-4-13(15)10-24-11-14(9-21-24)18(25)22-16-7-3-5-12-8-20-23-17(12)16/h1-9,11H,10H2,(H,20,23)(H,22,25). The summed E-state index contributed by atoms with van der Waals surface area (Å²) in [5.41, 5.74) is 2.89. The van der Waals surface area contributed by atoms with E-state index in [2.05, 4.69) is 20.6 Å². The molecule has 2 N–H and O–H groups in total. The number of carbonyl (C=O) groups is 1. The van der Waals surface area contributed by atoms with E-state index in [0.29, 0.717) is 22.8 Å². The minimum absolute atomic E-state index is 0.229. The lowest BCUT2D eigenvalue weighted by atomic mass is 10.2. The van der Waals surface area contributed by atoms with Gasteiger partial charge < -0.3 is 5.32 Å². The Labute approximate surface area is 148 Å². The van der Waals surface area contributed by atoms with Gasteiger partial charge in [-0.2, -0.15) is 10.2 Å². The van der Waals surface area contributed by atoms with Gasteiger partial charge in [0, 0.05) is 16.6 Å². The monoisotopic (exact) mass is 351 g/mol. The second-order valence-corrected chi connectivity index (χ2v) is 6.02. The summed E-state index contributed by atoms with van der Waals surface area (Å²) in [7, 11) is 0. The van der Waals surface area contributed by atoms with Crippen LogP contribution in [-0.4, -0.2) is 25.9 Å². The van der Waals surface area contributed by atoms with Crippen LogP contribution in [0.2, 0.25) is 5.02 Å². The largest absolute Gasteiger partial charge is 0.320 e. The van der Waals surface area contributed by atoms with Gasteiger partial charge in [-0.05, 0) is 17.7 Å². The summed E-state index contributed by atoms with van der Waals surface area (Å²) < 4.78 is 1.69. The van der Waals surface area contributed by atoms with Crippen LogP contribution < -0.4 is 5.32 Å². The van der Waals surface area contributed by atoms with Gasteiger partial charge in [-0.3, -0.25) is 14.6 Å². The molecule has 1 amide bonds. The zero-order valence-corrected chi connectivity index (χ0v) is 13.9. The van der Waals surface area contributed by atoms with Crippen molar-refractivity contribution < 1.29 is 4.79 Å². The molecule has 0 atom stereocenters. The number of aromatic nitrogens is 4. The molecule has 2 heterocycles. The van der Waals surface area contributed by atoms with Crippen LogP contribution >= 0.6 is 11.6 Å². The second-order valence-electron chi connectivity index (χ2n) is 5.61. The Morgan fingerprint density at radius 3 is 2.92 bits per heavy atom. The number of benzene rings is 2. The number of fused-ring (bicyclic) bond motifs is 1. The number of carbonyl (C=O) groups excluding carboxylic acids is 1. The van der Waals surface area contributed by atoms with Gasteiger partial charge >= 0.3 is 0 Å². The number of nitrogens with one attached hydrogen (secondary N) is 2. The third kappa shape index (κ3) is 3.12. The molecule has 0 aliphatic heterocycles. The Morgan fingerprint density at radius 1 is 1.16 bits per heavy atom. The molecule has 0 aliphatic rings. The van der Waals surface area contributed by atoms with E-state index in [0.717, 1.165) is 16.5 Å². The van der Waals surface area contributed by atoms with E-state index in [9.17, 15) is 4.79 Å². The van der Waals surface area contributed by atoms with Crippen LogP contribution in [0.3, 0.4) is 0 Å². The van der Waals surface area contributed by atoms with E-state index < -0.39 is 0 Å². The Balaban J connectivity index is 1.53. The first-order valence-electron chi connectivity index (χ1n) is 7.70. The fraction of sp³-hybridized carbons (Fsp3) is 0.0556. The maximum atomic E-state index is 12.5. The van der Waals surface area contributed by atoms with Gasteiger partial charge in [0.1, 0.15) is 0 Å². The number of H-pyrrole nitrogens is 1. The Hall–Kier alpha value is -3.12. The summed E-state index contributed by atoms with van der Waals surface area (Å²) in [5.74, 6) is -0.229. The fourth-order valence-electron chi connectivity index (χ4n) is 2.64. The van der Waals surface area contributed by atoms with Gasteiger partial charge in [0.05, 0.1) is 35.7 Å². The van der Waals surface area contributed by atoms with Gasteiger partial charge in [-0.1, -0.05) is 41.9 Å². The number of hydrogen-bond acceptors (Lipinski definition) is 3. The van der Waals surface area contributed by atoms with Crippen LogP contribution in [0.25, 0.3) is 10.9 Å². The zero-order valence-electron chi connectivity index (χ0n) is 13.1. The van der Waals surface area contributed by atoms with Crippen molar-refractivity contribution in [2.45, 2.75) is 6.54 Å². The molecular formula is C18H14ClN5O. The molecular weight excluding hydrogens is 338 g/mol. The average molecular weight is 352 g/mol. The molecule has 124 valence electrons. The van der Waals surface area contributed by atoms with Gasteiger partial charge in [0.15, 0.2) is 0 Å². The highest BCUT2D eigenvalue weighted by atomic mass is 35.5. The topological polar surface area (TPSA) is 75.6 Å². The van der Waals surface area contributed by atoms with Crippen molar-refractivity contribution in [2.75, 3.05) is 5.32 Å². The molecule has 7 heteroatoms. The molecule has 0 saturated heterocycles. The van der Waals surface area contributed by atoms with Crippen molar-refractivity contribution in [3.05, 3.63) is 77.2 Å². The summed E-state index contributed by atoms with van der Waals surface area (Å²) >= 11 is 6.17. The number of rotatable bonds is 4. The molecule has 0 radical (unpaired) electrons. The van der Waals surface area contributed by atoms with Crippen LogP contribution in [0.4, 0.5) is 5.69 Å². The van der Waals surface area contributed by atoms with Crippen LogP contribution in [0.1, 0.15) is 15.9 Å². The van der Waals surface area contributed by atoms with Crippen molar-refractivity contribution in [2.24, 2.45) is 0 Å². The maximum Gasteiger partial charge on any atom is 0.258 e. The third-order valence-electron chi connectivity index (χ3n) is 3.91. The molecule has 25 heavy (non-hydrogen) atoms. The SMILES string of the molecule is O=C(Nc1cccc2cn[nH]c12)c1cnn(Cc2ccccc2Cl)c1. The molecule has 4 rings (SSSR count). The number of halogens is 1. The van der Waals surface area contributed by atoms with Crippen LogP contribution in [-0.2, 0) is 6.54 Å². The fourth-order valence-corrected chi connectivity index (χ4v) is 2.83. The van der Waals surface area contributed by atoms with E-state index in [4.69, 9.17) is 11.6 Å². The van der Waals surface area contributed by atoms with Crippen LogP contribution in [0.5, 0.6) is 0 Å². The number of para-hydroxylation sites is 1. The number of hydrogen-bond donors (Lipinski definition) is 2. The molecule has 0 fully saturated rings. The summed E-state index contributed by atoms with van der Waals surface area (Å²) in [6, 6.07) is 13.2. The summed E-state index contributed by atoms with van der Waals surface area (Å²) in [5, 5.41) is 15.6. The maximum absolute atomic E-state index is 12.5. The van der Waals surface area contributed by atoms with Crippen LogP contribution in [0.15, 0.2) is 61.1 Å². The minimum Gasteiger partial charge on any atom is -0.320 e. The Kier molecular flexibility index (Phi) is 3.95. The highest BCUT2D eigenvalue weighted by Crippen LogP contribution is 2.21. The number of nitrogens with zero attached hydrogens (tertiary/aromatic N) is 3. The van der Waals surface area contributed by atoms with Crippen molar-refractivity contribution in [1.82, 2.24) is 20.0 Å². The number of aromatic amines is 1. The molecule has 0 unspecified atom stereocenters. The van der Waals surface area contributed by atoms with Crippen molar-refractivity contribution >= 4 is 34.1 Å². The molecule has 0 spiro atoms. The van der Waals surface area contributed by atoms with Gasteiger partial charge in [0.25, 0.3) is 5.91 Å². The summed E-state index contributed by atoms with van der Waals surface area (Å²) in [6.45, 7) is 0.503. The summed E-state index contributed by atoms with van der Waals surface area (Å²) in [6.07, 6.45) is 4.96. The van der Waals surface area contributed by atoms with Crippen LogP contribution in [0, 0.1) is 0 Å². The zero-order chi connectivity index (χ0) is 17.2. The first-order chi connectivity index (χ1) is 12.2. The van der Waals surface area contributed by atoms with E-state index in [1.807, 2.05) is 42.5 Å². The first-order valence-corrected chi connectivity index (χ1v) is 8.08. The second kappa shape index (κ2) is 6.41. The summed E-state index contributed by atoms with van der Waals surface area (Å²) in [4.78, 5) is 12.5. The van der Waals surface area contributed by atoms with E-state index in [-0.39, 0.29) is 5.91 Å². The third-order valence-corrected chi connectivity index (χ3v) is 4.28. The highest BCUT2D eigenvalue weighted by molar-refractivity contribution is 6.31. The predicted octanol–water partition coefficient (Wildman–Crippen LogP) is 3.71. The molecule has 2 aromatic carbocycles. The minimum atomic E-state index is -0.229. The highest BCUT2D eigenvalue weighted by Gasteiger charge is 2.12. The van der Waals surface area contributed by atoms with Crippen molar-refractivity contribution in [3.63, 3.8) is 0 Å². The molecule has 6 nitrogen and oxygen atoms in total. The quantitative estimate of drug-likeness (QED) is 0.588. The predicted molar refractivity (Wildman–Crippen MR) is 96.8 cm³/mol. The molecule has 0 aliphatic carbocycles. The van der Waals surface area contributed by atoms with Gasteiger partial charge in [0.2, 0.25) is 0 Å². The Bertz CT molecular complexity index is 1050. The van der Waals surface area contributed by atoms with E-state index >= 15 is 0 Å². The smallest absolute Gasteiger partial charge is 0.258 e.